The van der Waals surface area contributed by atoms with Crippen LogP contribution in [0.15, 0.2) is 24.8 Å². The smallest absolute Gasteiger partial charge is 0.326 e. The maximum Gasteiger partial charge on any atom is 0.326 e. The van der Waals surface area contributed by atoms with Crippen LogP contribution < -0.4 is 0 Å². The number of aliphatic hydroxyl groups excluding tert-OH is 1. The van der Waals surface area contributed by atoms with Gasteiger partial charge >= 0.3 is 5.95 Å². The van der Waals surface area contributed by atoms with Crippen molar-refractivity contribution in [3.05, 3.63) is 24.8 Å². The molecule has 0 saturated carbocycles. The lowest BCUT2D eigenvalue weighted by Gasteiger charge is -2.23. The SMILES string of the molecule is C=C(ON1C(=C)CCC1=O)ON1C(=O)CCC1O. The van der Waals surface area contributed by atoms with Crippen molar-refractivity contribution in [1.29, 1.82) is 0 Å². The highest BCUT2D eigenvalue weighted by molar-refractivity contribution is 5.80. The Morgan fingerprint density at radius 1 is 1.22 bits per heavy atom. The third kappa shape index (κ3) is 2.30. The molecule has 1 atom stereocenters. The van der Waals surface area contributed by atoms with Gasteiger partial charge in [0.05, 0.1) is 5.70 Å². The van der Waals surface area contributed by atoms with E-state index in [1.54, 1.807) is 0 Å². The van der Waals surface area contributed by atoms with Crippen molar-refractivity contribution in [2.75, 3.05) is 0 Å². The van der Waals surface area contributed by atoms with Crippen molar-refractivity contribution < 1.29 is 24.4 Å². The molecule has 1 N–H and O–H groups in total. The largest absolute Gasteiger partial charge is 0.370 e. The van der Waals surface area contributed by atoms with E-state index in [0.717, 1.165) is 10.1 Å². The maximum absolute atomic E-state index is 11.4. The highest BCUT2D eigenvalue weighted by Crippen LogP contribution is 2.24. The second-order valence-corrected chi connectivity index (χ2v) is 4.05. The molecular weight excluding hydrogens is 240 g/mol. The molecule has 2 fully saturated rings. The summed E-state index contributed by atoms with van der Waals surface area (Å²) in [5.74, 6) is -0.877. The summed E-state index contributed by atoms with van der Waals surface area (Å²) in [4.78, 5) is 32.8. The van der Waals surface area contributed by atoms with Crippen LogP contribution in [0.25, 0.3) is 0 Å². The topological polar surface area (TPSA) is 79.3 Å². The van der Waals surface area contributed by atoms with Crippen molar-refractivity contribution in [2.24, 2.45) is 0 Å². The Balaban J connectivity index is 1.91. The molecule has 98 valence electrons. The van der Waals surface area contributed by atoms with E-state index in [-0.39, 0.29) is 24.2 Å². The first-order valence-corrected chi connectivity index (χ1v) is 5.54. The van der Waals surface area contributed by atoms with Gasteiger partial charge in [-0.15, -0.1) is 10.1 Å². The minimum Gasteiger partial charge on any atom is -0.370 e. The van der Waals surface area contributed by atoms with Crippen molar-refractivity contribution in [2.45, 2.75) is 31.9 Å². The van der Waals surface area contributed by atoms with Gasteiger partial charge in [-0.1, -0.05) is 6.58 Å². The van der Waals surface area contributed by atoms with Crippen LogP contribution in [-0.4, -0.2) is 33.3 Å². The fourth-order valence-corrected chi connectivity index (χ4v) is 1.73. The Morgan fingerprint density at radius 2 is 1.94 bits per heavy atom. The first kappa shape index (κ1) is 12.4. The molecule has 0 aliphatic carbocycles. The fourth-order valence-electron chi connectivity index (χ4n) is 1.73. The average Bonchev–Trinajstić information content (AvgIpc) is 2.79. The third-order valence-electron chi connectivity index (χ3n) is 2.67. The van der Waals surface area contributed by atoms with E-state index < -0.39 is 6.23 Å². The number of hydrogen-bond donors (Lipinski definition) is 1. The van der Waals surface area contributed by atoms with Crippen LogP contribution in [0.4, 0.5) is 0 Å². The number of amides is 2. The van der Waals surface area contributed by atoms with Gasteiger partial charge in [-0.2, -0.15) is 0 Å². The summed E-state index contributed by atoms with van der Waals surface area (Å²) >= 11 is 0. The molecule has 2 aliphatic rings. The Hall–Kier alpha value is -2.02. The molecule has 0 aromatic heterocycles. The summed E-state index contributed by atoms with van der Waals surface area (Å²) in [6.45, 7) is 7.09. The number of rotatable bonds is 4. The van der Waals surface area contributed by atoms with E-state index in [2.05, 4.69) is 13.2 Å². The molecule has 2 amide bonds. The molecule has 0 bridgehead atoms. The zero-order valence-corrected chi connectivity index (χ0v) is 9.79. The van der Waals surface area contributed by atoms with Crippen molar-refractivity contribution in [3.8, 4) is 0 Å². The minimum atomic E-state index is -1.02. The van der Waals surface area contributed by atoms with E-state index in [0.29, 0.717) is 25.0 Å². The number of hydrogen-bond acceptors (Lipinski definition) is 5. The predicted molar refractivity (Wildman–Crippen MR) is 58.6 cm³/mol. The second-order valence-electron chi connectivity index (χ2n) is 4.05. The summed E-state index contributed by atoms with van der Waals surface area (Å²) in [7, 11) is 0. The van der Waals surface area contributed by atoms with Gasteiger partial charge in [-0.05, 0) is 13.0 Å². The van der Waals surface area contributed by atoms with Gasteiger partial charge in [0.1, 0.15) is 0 Å². The lowest BCUT2D eigenvalue weighted by molar-refractivity contribution is -0.246. The quantitative estimate of drug-likeness (QED) is 0.734. The van der Waals surface area contributed by atoms with Crippen molar-refractivity contribution in [1.82, 2.24) is 10.1 Å². The van der Waals surface area contributed by atoms with Gasteiger partial charge in [0.15, 0.2) is 6.23 Å². The molecule has 7 heteroatoms. The van der Waals surface area contributed by atoms with Crippen LogP contribution in [0.5, 0.6) is 0 Å². The molecule has 2 aliphatic heterocycles. The highest BCUT2D eigenvalue weighted by atomic mass is 16.9. The van der Waals surface area contributed by atoms with Crippen LogP contribution in [0, 0.1) is 0 Å². The molecule has 1 unspecified atom stereocenters. The van der Waals surface area contributed by atoms with Gasteiger partial charge in [0.2, 0.25) is 0 Å². The van der Waals surface area contributed by atoms with E-state index in [1.807, 2.05) is 0 Å². The number of allylic oxidation sites excluding steroid dienone is 1. The van der Waals surface area contributed by atoms with E-state index >= 15 is 0 Å². The van der Waals surface area contributed by atoms with Crippen LogP contribution >= 0.6 is 0 Å². The molecule has 18 heavy (non-hydrogen) atoms. The zero-order chi connectivity index (χ0) is 13.3. The summed E-state index contributed by atoms with van der Waals surface area (Å²) in [5, 5.41) is 11.2. The van der Waals surface area contributed by atoms with Gasteiger partial charge < -0.3 is 14.8 Å². The summed E-state index contributed by atoms with van der Waals surface area (Å²) in [5.41, 5.74) is 0.498. The molecule has 2 rings (SSSR count). The molecule has 2 saturated heterocycles. The fraction of sp³-hybridized carbons (Fsp3) is 0.455. The summed E-state index contributed by atoms with van der Waals surface area (Å²) < 4.78 is 0. The van der Waals surface area contributed by atoms with Crippen molar-refractivity contribution >= 4 is 11.8 Å². The first-order valence-electron chi connectivity index (χ1n) is 5.54. The van der Waals surface area contributed by atoms with Gasteiger partial charge in [-0.25, -0.2) is 0 Å². The molecule has 7 nitrogen and oxygen atoms in total. The minimum absolute atomic E-state index is 0.198. The summed E-state index contributed by atoms with van der Waals surface area (Å²) in [6, 6.07) is 0. The van der Waals surface area contributed by atoms with Gasteiger partial charge in [0.25, 0.3) is 11.8 Å². The molecule has 0 spiro atoms. The van der Waals surface area contributed by atoms with E-state index in [9.17, 15) is 14.7 Å². The lowest BCUT2D eigenvalue weighted by Crippen LogP contribution is -2.34. The number of aliphatic hydroxyl groups is 1. The normalized spacial score (nSPS) is 23.8. The predicted octanol–water partition coefficient (Wildman–Crippen LogP) is 0.398. The van der Waals surface area contributed by atoms with Gasteiger partial charge in [-0.3, -0.25) is 9.59 Å². The Morgan fingerprint density at radius 3 is 2.44 bits per heavy atom. The maximum atomic E-state index is 11.4. The van der Waals surface area contributed by atoms with E-state index in [4.69, 9.17) is 9.68 Å². The average molecular weight is 254 g/mol. The zero-order valence-electron chi connectivity index (χ0n) is 9.79. The number of nitrogens with zero attached hydrogens (tertiary/aromatic N) is 2. The molecule has 0 aromatic rings. The standard InChI is InChI=1S/C11H14N2O5/c1-7-3-4-9(14)12(7)17-8(2)18-13-10(15)5-6-11(13)16/h10,15H,1-6H2. The van der Waals surface area contributed by atoms with Crippen LogP contribution in [0.1, 0.15) is 25.7 Å². The highest BCUT2D eigenvalue weighted by Gasteiger charge is 2.33. The molecule has 2 heterocycles. The number of carbonyl (C=O) groups excluding carboxylic acids is 2. The van der Waals surface area contributed by atoms with Crippen LogP contribution in [0.2, 0.25) is 0 Å². The second kappa shape index (κ2) is 4.69. The lowest BCUT2D eigenvalue weighted by atomic mass is 10.3. The van der Waals surface area contributed by atoms with Crippen LogP contribution in [0.3, 0.4) is 0 Å². The monoisotopic (exact) mass is 254 g/mol. The summed E-state index contributed by atoms with van der Waals surface area (Å²) in [6.07, 6.45) is 0.301. The number of hydroxylamine groups is 4. The molecular formula is C11H14N2O5. The third-order valence-corrected chi connectivity index (χ3v) is 2.67. The van der Waals surface area contributed by atoms with Gasteiger partial charge in [0, 0.05) is 19.3 Å². The molecule has 0 aromatic carbocycles. The van der Waals surface area contributed by atoms with Crippen LogP contribution in [-0.2, 0) is 19.3 Å². The first-order chi connectivity index (χ1) is 8.49. The van der Waals surface area contributed by atoms with E-state index in [1.165, 1.54) is 0 Å². The Bertz CT molecular complexity index is 404. The Labute approximate surface area is 104 Å². The Kier molecular flexibility index (Phi) is 3.24. The number of carbonyl (C=O) groups is 2. The molecule has 0 radical (unpaired) electrons. The van der Waals surface area contributed by atoms with Crippen molar-refractivity contribution in [3.63, 3.8) is 0 Å².